The smallest absolute Gasteiger partial charge is 0.481 e. The molecule has 16 heteroatoms. The molecular formula is C31H36B2F2N2O10. The molecule has 0 bridgehead atoms. The summed E-state index contributed by atoms with van der Waals surface area (Å²) in [6, 6.07) is 3.19. The van der Waals surface area contributed by atoms with Crippen molar-refractivity contribution < 1.29 is 57.2 Å². The molecule has 0 fully saturated rings. The summed E-state index contributed by atoms with van der Waals surface area (Å²) in [5.74, 6) is -5.10. The summed E-state index contributed by atoms with van der Waals surface area (Å²) in [5.41, 5.74) is 0.182. The molecule has 2 aliphatic heterocycles. The molecule has 2 heterocycles. The molecule has 2 amide bonds. The van der Waals surface area contributed by atoms with E-state index in [9.17, 15) is 42.8 Å². The van der Waals surface area contributed by atoms with Crippen molar-refractivity contribution in [1.82, 2.24) is 10.6 Å². The van der Waals surface area contributed by atoms with Gasteiger partial charge < -0.3 is 35.1 Å². The fourth-order valence-electron chi connectivity index (χ4n) is 5.43. The molecule has 12 nitrogen and oxygen atoms in total. The molecule has 4 rings (SSSR count). The first kappa shape index (κ1) is 35.9. The summed E-state index contributed by atoms with van der Waals surface area (Å²) < 4.78 is 39.2. The normalized spacial score (nSPS) is 14.7. The van der Waals surface area contributed by atoms with E-state index in [0.29, 0.717) is 25.7 Å². The Morgan fingerprint density at radius 2 is 1.43 bits per heavy atom. The molecule has 5 N–H and O–H groups in total. The predicted molar refractivity (Wildman–Crippen MR) is 165 cm³/mol. The van der Waals surface area contributed by atoms with Gasteiger partial charge in [0.15, 0.2) is 5.78 Å². The second kappa shape index (κ2) is 16.2. The number of aliphatic carboxylic acids is 1. The molecule has 0 unspecified atom stereocenters. The fourth-order valence-corrected chi connectivity index (χ4v) is 5.43. The largest absolute Gasteiger partial charge is 0.491 e. The third kappa shape index (κ3) is 9.31. The minimum Gasteiger partial charge on any atom is -0.481 e. The van der Waals surface area contributed by atoms with Gasteiger partial charge in [-0.25, -0.2) is 8.78 Å². The van der Waals surface area contributed by atoms with Gasteiger partial charge in [-0.05, 0) is 48.4 Å². The fraction of sp³-hybridized carbons (Fsp3) is 0.452. The molecule has 2 aromatic rings. The number of carboxylic acids is 1. The SMILES string of the molecule is C[C@@H](CCCCCC(=O)CCNC(=O)[C@H](CCC(=O)c1cc(F)c2c(c1)B(O)OC2)NC(=O)c1cc(F)c2c(c1)B(O)OC2)C(=O)O. The molecule has 2 aliphatic rings. The molecule has 47 heavy (non-hydrogen) atoms. The molecule has 250 valence electrons. The van der Waals surface area contributed by atoms with Crippen LogP contribution in [0.1, 0.15) is 90.1 Å². The number of hydrogen-bond donors (Lipinski definition) is 5. The number of nitrogens with one attached hydrogen (secondary N) is 2. The Kier molecular flexibility index (Phi) is 12.4. The van der Waals surface area contributed by atoms with Crippen LogP contribution in [0.4, 0.5) is 8.78 Å². The zero-order chi connectivity index (χ0) is 34.2. The van der Waals surface area contributed by atoms with Crippen molar-refractivity contribution in [3.8, 4) is 0 Å². The van der Waals surface area contributed by atoms with Gasteiger partial charge in [-0.15, -0.1) is 0 Å². The van der Waals surface area contributed by atoms with E-state index in [1.54, 1.807) is 6.92 Å². The van der Waals surface area contributed by atoms with Crippen LogP contribution in [0.5, 0.6) is 0 Å². The van der Waals surface area contributed by atoms with Crippen molar-refractivity contribution in [3.63, 3.8) is 0 Å². The number of fused-ring (bicyclic) bond motifs is 2. The Morgan fingerprint density at radius 1 is 0.830 bits per heavy atom. The highest BCUT2D eigenvalue weighted by molar-refractivity contribution is 6.62. The van der Waals surface area contributed by atoms with Gasteiger partial charge in [0, 0.05) is 48.1 Å². The van der Waals surface area contributed by atoms with Gasteiger partial charge in [-0.1, -0.05) is 25.8 Å². The molecule has 0 spiro atoms. The van der Waals surface area contributed by atoms with E-state index >= 15 is 0 Å². The van der Waals surface area contributed by atoms with Crippen LogP contribution in [0.2, 0.25) is 0 Å². The number of benzene rings is 2. The van der Waals surface area contributed by atoms with Crippen LogP contribution in [0.3, 0.4) is 0 Å². The first-order valence-electron chi connectivity index (χ1n) is 15.5. The third-order valence-corrected chi connectivity index (χ3v) is 8.35. The maximum atomic E-state index is 14.6. The van der Waals surface area contributed by atoms with Crippen LogP contribution in [-0.2, 0) is 36.9 Å². The summed E-state index contributed by atoms with van der Waals surface area (Å²) in [7, 11) is -2.81. The van der Waals surface area contributed by atoms with E-state index in [1.807, 2.05) is 0 Å². The number of amides is 2. The van der Waals surface area contributed by atoms with Crippen molar-refractivity contribution in [1.29, 1.82) is 0 Å². The first-order chi connectivity index (χ1) is 22.3. The van der Waals surface area contributed by atoms with Crippen molar-refractivity contribution in [2.75, 3.05) is 6.54 Å². The van der Waals surface area contributed by atoms with Gasteiger partial charge in [0.05, 0.1) is 19.1 Å². The minimum absolute atomic E-state index is 0.00356. The van der Waals surface area contributed by atoms with E-state index in [4.69, 9.17) is 14.4 Å². The third-order valence-electron chi connectivity index (χ3n) is 8.35. The number of rotatable bonds is 17. The lowest BCUT2D eigenvalue weighted by molar-refractivity contribution is -0.141. The lowest BCUT2D eigenvalue weighted by Crippen LogP contribution is -2.47. The Balaban J connectivity index is 1.37. The number of halogens is 2. The monoisotopic (exact) mass is 656 g/mol. The van der Waals surface area contributed by atoms with Gasteiger partial charge in [-0.3, -0.25) is 24.0 Å². The summed E-state index contributed by atoms with van der Waals surface area (Å²) in [6.07, 6.45) is 2.14. The van der Waals surface area contributed by atoms with Gasteiger partial charge in [-0.2, -0.15) is 0 Å². The number of unbranched alkanes of at least 4 members (excludes halogenated alkanes) is 2. The number of Topliss-reactive ketones (excluding diaryl/α,β-unsaturated/α-hetero) is 2. The second-order valence-electron chi connectivity index (χ2n) is 11.8. The standard InChI is InChI=1S/C31H36B2F2N2O10/c1-17(31(42)43)5-3-2-4-6-20(38)9-10-36-30(41)27(37-29(40)19-12-24-22(26(35)14-19)16-47-33(24)45)7-8-28(39)18-11-23-21(25(34)13-18)15-46-32(23)44/h11-14,17,27,44-45H,2-10,15-16H2,1H3,(H,36,41)(H,37,40)(H,42,43)/t17-,27-/m0/s1. The topological polar surface area (TPSA) is 189 Å². The highest BCUT2D eigenvalue weighted by Gasteiger charge is 2.33. The second-order valence-corrected chi connectivity index (χ2v) is 11.8. The maximum Gasteiger partial charge on any atom is 0.491 e. The average Bonchev–Trinajstić information content (AvgIpc) is 3.60. The van der Waals surface area contributed by atoms with E-state index in [0.717, 1.165) is 12.1 Å². The lowest BCUT2D eigenvalue weighted by atomic mass is 9.78. The Bertz CT molecular complexity index is 1540. The van der Waals surface area contributed by atoms with Crippen LogP contribution >= 0.6 is 0 Å². The number of carbonyl (C=O) groups excluding carboxylic acids is 4. The zero-order valence-electron chi connectivity index (χ0n) is 25.9. The molecular weight excluding hydrogens is 620 g/mol. The van der Waals surface area contributed by atoms with Gasteiger partial charge in [0.1, 0.15) is 23.5 Å². The van der Waals surface area contributed by atoms with Crippen molar-refractivity contribution in [3.05, 3.63) is 58.2 Å². The molecule has 0 saturated heterocycles. The first-order valence-corrected chi connectivity index (χ1v) is 15.5. The molecule has 2 atom stereocenters. The van der Waals surface area contributed by atoms with Crippen LogP contribution in [-0.4, -0.2) is 71.3 Å². The van der Waals surface area contributed by atoms with Crippen LogP contribution in [0, 0.1) is 17.6 Å². The van der Waals surface area contributed by atoms with Crippen molar-refractivity contribution >= 4 is 54.5 Å². The Hall–Kier alpha value is -3.98. The molecule has 0 aromatic heterocycles. The molecule has 0 saturated carbocycles. The molecule has 0 aliphatic carbocycles. The van der Waals surface area contributed by atoms with E-state index < -0.39 is 61.4 Å². The number of carbonyl (C=O) groups is 5. The van der Waals surface area contributed by atoms with Gasteiger partial charge in [0.2, 0.25) is 5.91 Å². The van der Waals surface area contributed by atoms with Crippen LogP contribution < -0.4 is 21.6 Å². The maximum absolute atomic E-state index is 14.6. The highest BCUT2D eigenvalue weighted by atomic mass is 19.1. The van der Waals surface area contributed by atoms with Crippen molar-refractivity contribution in [2.45, 2.75) is 77.5 Å². The van der Waals surface area contributed by atoms with E-state index in [-0.39, 0.29) is 84.4 Å². The van der Waals surface area contributed by atoms with Gasteiger partial charge >= 0.3 is 20.2 Å². The van der Waals surface area contributed by atoms with Crippen LogP contribution in [0.25, 0.3) is 0 Å². The minimum atomic E-state index is -1.42. The van der Waals surface area contributed by atoms with Gasteiger partial charge in [0.25, 0.3) is 5.91 Å². The average molecular weight is 656 g/mol. The summed E-state index contributed by atoms with van der Waals surface area (Å²) in [5, 5.41) is 33.9. The Labute approximate surface area is 270 Å². The quantitative estimate of drug-likeness (QED) is 0.0931. The van der Waals surface area contributed by atoms with Crippen LogP contribution in [0.15, 0.2) is 24.3 Å². The van der Waals surface area contributed by atoms with E-state index in [1.165, 1.54) is 12.1 Å². The number of carboxylic acid groups (broad SMARTS) is 1. The van der Waals surface area contributed by atoms with Crippen molar-refractivity contribution in [2.24, 2.45) is 5.92 Å². The lowest BCUT2D eigenvalue weighted by Gasteiger charge is -2.19. The summed E-state index contributed by atoms with van der Waals surface area (Å²) >= 11 is 0. The van der Waals surface area contributed by atoms with E-state index in [2.05, 4.69) is 10.6 Å². The zero-order valence-corrected chi connectivity index (χ0v) is 25.9. The highest BCUT2D eigenvalue weighted by Crippen LogP contribution is 2.19. The molecule has 2 aromatic carbocycles. The summed E-state index contributed by atoms with van der Waals surface area (Å²) in [4.78, 5) is 62.6. The predicted octanol–water partition coefficient (Wildman–Crippen LogP) is 0.908. The Morgan fingerprint density at radius 3 is 2.04 bits per heavy atom. The number of ketones is 2. The number of hydrogen-bond acceptors (Lipinski definition) is 9. The summed E-state index contributed by atoms with van der Waals surface area (Å²) in [6.45, 7) is 1.25. The molecule has 0 radical (unpaired) electrons.